The van der Waals surface area contributed by atoms with Crippen LogP contribution in [0, 0.1) is 6.92 Å². The van der Waals surface area contributed by atoms with E-state index in [9.17, 15) is 4.79 Å². The lowest BCUT2D eigenvalue weighted by Crippen LogP contribution is -2.30. The predicted octanol–water partition coefficient (Wildman–Crippen LogP) is 3.44. The largest absolute Gasteiger partial charge is 0.351 e. The Kier molecular flexibility index (Phi) is 4.67. The van der Waals surface area contributed by atoms with E-state index in [1.165, 1.54) is 17.3 Å². The number of imidazole rings is 1. The van der Waals surface area contributed by atoms with Crippen molar-refractivity contribution >= 4 is 23.2 Å². The van der Waals surface area contributed by atoms with Crippen molar-refractivity contribution in [3.8, 4) is 0 Å². The van der Waals surface area contributed by atoms with Gasteiger partial charge in [-0.05, 0) is 31.5 Å². The predicted molar refractivity (Wildman–Crippen MR) is 93.5 cm³/mol. The number of rotatable bonds is 5. The summed E-state index contributed by atoms with van der Waals surface area (Å²) in [7, 11) is 0. The van der Waals surface area contributed by atoms with Gasteiger partial charge in [0.05, 0.1) is 17.0 Å². The third-order valence-electron chi connectivity index (χ3n) is 3.64. The first kappa shape index (κ1) is 15.6. The van der Waals surface area contributed by atoms with Gasteiger partial charge in [0.15, 0.2) is 5.16 Å². The lowest BCUT2D eigenvalue weighted by atomic mass is 10.1. The maximum atomic E-state index is 12.3. The summed E-state index contributed by atoms with van der Waals surface area (Å²) in [5.74, 6) is 0.0169. The summed E-state index contributed by atoms with van der Waals surface area (Å²) in [5.41, 5.74) is 3.35. The van der Waals surface area contributed by atoms with E-state index in [0.717, 1.165) is 16.2 Å². The van der Waals surface area contributed by atoms with Crippen LogP contribution in [0.3, 0.4) is 0 Å². The summed E-state index contributed by atoms with van der Waals surface area (Å²) in [6.07, 6.45) is 3.78. The second-order valence-corrected chi connectivity index (χ2v) is 6.81. The van der Waals surface area contributed by atoms with E-state index in [0.29, 0.717) is 6.54 Å². The highest BCUT2D eigenvalue weighted by Gasteiger charge is 2.16. The molecule has 5 heteroatoms. The number of pyridine rings is 1. The first-order chi connectivity index (χ1) is 11.1. The van der Waals surface area contributed by atoms with Crippen molar-refractivity contribution in [3.05, 3.63) is 66.0 Å². The Morgan fingerprint density at radius 1 is 1.26 bits per heavy atom. The minimum absolute atomic E-state index is 0.0169. The number of benzene rings is 1. The molecule has 0 saturated carbocycles. The van der Waals surface area contributed by atoms with Crippen LogP contribution in [0.1, 0.15) is 18.1 Å². The molecule has 2 aromatic heterocycles. The smallest absolute Gasteiger partial charge is 0.233 e. The Morgan fingerprint density at radius 2 is 2.04 bits per heavy atom. The summed E-state index contributed by atoms with van der Waals surface area (Å²) in [4.78, 5) is 16.7. The molecule has 2 heterocycles. The Labute approximate surface area is 139 Å². The molecule has 1 aromatic carbocycles. The normalized spacial score (nSPS) is 12.3. The number of aromatic nitrogens is 2. The zero-order valence-electron chi connectivity index (χ0n) is 13.2. The van der Waals surface area contributed by atoms with Crippen LogP contribution in [0.15, 0.2) is 60.0 Å². The van der Waals surface area contributed by atoms with Gasteiger partial charge in [-0.1, -0.05) is 47.7 Å². The highest BCUT2D eigenvalue weighted by Crippen LogP contribution is 2.23. The molecule has 0 fully saturated rings. The number of hydrogen-bond donors (Lipinski definition) is 1. The molecule has 3 aromatic rings. The number of nitrogens with zero attached hydrogens (tertiary/aromatic N) is 2. The van der Waals surface area contributed by atoms with Gasteiger partial charge < -0.3 is 5.32 Å². The van der Waals surface area contributed by atoms with Crippen LogP contribution in [0.5, 0.6) is 0 Å². The zero-order valence-corrected chi connectivity index (χ0v) is 14.0. The first-order valence-electron chi connectivity index (χ1n) is 7.55. The van der Waals surface area contributed by atoms with Crippen molar-refractivity contribution in [1.29, 1.82) is 0 Å². The average Bonchev–Trinajstić information content (AvgIpc) is 2.97. The van der Waals surface area contributed by atoms with Gasteiger partial charge in [0.1, 0.15) is 0 Å². The number of hydrogen-bond acceptors (Lipinski definition) is 3. The molecule has 0 aliphatic rings. The van der Waals surface area contributed by atoms with Gasteiger partial charge in [-0.2, -0.15) is 0 Å². The number of aryl methyl sites for hydroxylation is 1. The SMILES string of the molecule is Cc1ccc(CNC(=O)C(C)Sc2ncc3ccccn23)cc1. The Hall–Kier alpha value is -2.27. The fraction of sp³-hybridized carbons (Fsp3) is 0.222. The molecule has 118 valence electrons. The minimum Gasteiger partial charge on any atom is -0.351 e. The Bertz CT molecular complexity index is 811. The molecule has 1 atom stereocenters. The second-order valence-electron chi connectivity index (χ2n) is 5.50. The van der Waals surface area contributed by atoms with Crippen molar-refractivity contribution in [1.82, 2.24) is 14.7 Å². The zero-order chi connectivity index (χ0) is 16.2. The van der Waals surface area contributed by atoms with Crippen molar-refractivity contribution in [3.63, 3.8) is 0 Å². The monoisotopic (exact) mass is 325 g/mol. The number of amides is 1. The number of carbonyl (C=O) groups excluding carboxylic acids is 1. The van der Waals surface area contributed by atoms with E-state index in [1.54, 1.807) is 0 Å². The lowest BCUT2D eigenvalue weighted by molar-refractivity contribution is -0.120. The molecule has 23 heavy (non-hydrogen) atoms. The number of thioether (sulfide) groups is 1. The van der Waals surface area contributed by atoms with Gasteiger partial charge in [0.2, 0.25) is 5.91 Å². The summed E-state index contributed by atoms with van der Waals surface area (Å²) in [5, 5.41) is 3.61. The highest BCUT2D eigenvalue weighted by molar-refractivity contribution is 8.00. The molecule has 0 spiro atoms. The van der Waals surface area contributed by atoms with E-state index in [2.05, 4.69) is 29.4 Å². The van der Waals surface area contributed by atoms with Gasteiger partial charge in [-0.15, -0.1) is 0 Å². The molecule has 1 unspecified atom stereocenters. The van der Waals surface area contributed by atoms with Gasteiger partial charge in [-0.3, -0.25) is 9.20 Å². The molecule has 4 nitrogen and oxygen atoms in total. The van der Waals surface area contributed by atoms with Crippen LogP contribution >= 0.6 is 11.8 Å². The van der Waals surface area contributed by atoms with Crippen LogP contribution in [-0.4, -0.2) is 20.5 Å². The fourth-order valence-corrected chi connectivity index (χ4v) is 3.16. The second kappa shape index (κ2) is 6.87. The first-order valence-corrected chi connectivity index (χ1v) is 8.43. The Balaban J connectivity index is 1.60. The molecular weight excluding hydrogens is 306 g/mol. The highest BCUT2D eigenvalue weighted by atomic mass is 32.2. The van der Waals surface area contributed by atoms with Gasteiger partial charge >= 0.3 is 0 Å². The third kappa shape index (κ3) is 3.74. The standard InChI is InChI=1S/C18H19N3OS/c1-13-6-8-15(9-7-13)11-19-17(22)14(2)23-18-20-12-16-5-3-4-10-21(16)18/h3-10,12,14H,11H2,1-2H3,(H,19,22). The quantitative estimate of drug-likeness (QED) is 0.731. The van der Waals surface area contributed by atoms with E-state index >= 15 is 0 Å². The van der Waals surface area contributed by atoms with Crippen LogP contribution in [0.2, 0.25) is 0 Å². The van der Waals surface area contributed by atoms with Crippen molar-refractivity contribution in [2.24, 2.45) is 0 Å². The van der Waals surface area contributed by atoms with E-state index < -0.39 is 0 Å². The maximum Gasteiger partial charge on any atom is 0.233 e. The van der Waals surface area contributed by atoms with Crippen molar-refractivity contribution in [2.45, 2.75) is 30.8 Å². The fourth-order valence-electron chi connectivity index (χ4n) is 2.26. The third-order valence-corrected chi connectivity index (χ3v) is 4.72. The molecular formula is C18H19N3OS. The van der Waals surface area contributed by atoms with Crippen LogP contribution in [0.4, 0.5) is 0 Å². The minimum atomic E-state index is -0.203. The van der Waals surface area contributed by atoms with Gasteiger partial charge in [0.25, 0.3) is 0 Å². The van der Waals surface area contributed by atoms with Crippen LogP contribution < -0.4 is 5.32 Å². The molecule has 0 saturated heterocycles. The number of fused-ring (bicyclic) bond motifs is 1. The maximum absolute atomic E-state index is 12.3. The van der Waals surface area contributed by atoms with Crippen molar-refractivity contribution in [2.75, 3.05) is 0 Å². The van der Waals surface area contributed by atoms with Crippen LogP contribution in [-0.2, 0) is 11.3 Å². The van der Waals surface area contributed by atoms with E-state index in [-0.39, 0.29) is 11.2 Å². The summed E-state index contributed by atoms with van der Waals surface area (Å²) in [6.45, 7) is 4.50. The van der Waals surface area contributed by atoms with Crippen LogP contribution in [0.25, 0.3) is 5.52 Å². The molecule has 0 bridgehead atoms. The topological polar surface area (TPSA) is 46.4 Å². The van der Waals surface area contributed by atoms with E-state index in [4.69, 9.17) is 0 Å². The summed E-state index contributed by atoms with van der Waals surface area (Å²) >= 11 is 1.47. The lowest BCUT2D eigenvalue weighted by Gasteiger charge is -2.11. The number of carbonyl (C=O) groups is 1. The average molecular weight is 325 g/mol. The molecule has 3 rings (SSSR count). The summed E-state index contributed by atoms with van der Waals surface area (Å²) < 4.78 is 1.99. The van der Waals surface area contributed by atoms with E-state index in [1.807, 2.05) is 54.0 Å². The summed E-state index contributed by atoms with van der Waals surface area (Å²) in [6, 6.07) is 14.1. The molecule has 1 amide bonds. The molecule has 0 aliphatic heterocycles. The molecule has 0 radical (unpaired) electrons. The number of nitrogens with one attached hydrogen (secondary N) is 1. The Morgan fingerprint density at radius 3 is 2.83 bits per heavy atom. The van der Waals surface area contributed by atoms with Crippen molar-refractivity contribution < 1.29 is 4.79 Å². The molecule has 1 N–H and O–H groups in total. The van der Waals surface area contributed by atoms with Gasteiger partial charge in [-0.25, -0.2) is 4.98 Å². The molecule has 0 aliphatic carbocycles. The van der Waals surface area contributed by atoms with Gasteiger partial charge in [0, 0.05) is 12.7 Å².